The summed E-state index contributed by atoms with van der Waals surface area (Å²) in [4.78, 5) is 10.3. The molecule has 5 unspecified atom stereocenters. The molecule has 4 aliphatic carbocycles. The lowest BCUT2D eigenvalue weighted by Crippen LogP contribution is -2.59. The molecule has 4 aliphatic rings. The van der Waals surface area contributed by atoms with Gasteiger partial charge in [0.05, 0.1) is 45.2 Å². The summed E-state index contributed by atoms with van der Waals surface area (Å²) in [5.74, 6) is 1.90. The normalized spacial score (nSPS) is 40.2. The predicted octanol–water partition coefficient (Wildman–Crippen LogP) is 2.11. The molecule has 142 valence electrons. The zero-order valence-electron chi connectivity index (χ0n) is 14.9. The van der Waals surface area contributed by atoms with E-state index in [1.54, 1.807) is 0 Å². The first-order valence-corrected chi connectivity index (χ1v) is 9.73. The molecule has 1 spiro atoms. The van der Waals surface area contributed by atoms with Gasteiger partial charge in [-0.2, -0.15) is 0 Å². The van der Waals surface area contributed by atoms with Gasteiger partial charge in [-0.1, -0.05) is 0 Å². The Bertz CT molecular complexity index is 490. The SMILES string of the molecule is O=C(O)COCCOCCOCCOC12CC3CC4CC(C1)C2(C4)C3. The zero-order valence-corrected chi connectivity index (χ0v) is 14.9. The summed E-state index contributed by atoms with van der Waals surface area (Å²) >= 11 is 0. The van der Waals surface area contributed by atoms with Crippen molar-refractivity contribution in [2.45, 2.75) is 44.1 Å². The van der Waals surface area contributed by atoms with E-state index in [2.05, 4.69) is 0 Å². The maximum atomic E-state index is 10.3. The molecule has 0 heterocycles. The van der Waals surface area contributed by atoms with E-state index in [0.717, 1.165) is 17.8 Å². The fourth-order valence-electron chi connectivity index (χ4n) is 6.45. The van der Waals surface area contributed by atoms with Crippen molar-refractivity contribution in [3.63, 3.8) is 0 Å². The van der Waals surface area contributed by atoms with E-state index in [1.165, 1.54) is 38.5 Å². The third kappa shape index (κ3) is 3.22. The fourth-order valence-corrected chi connectivity index (χ4v) is 6.45. The highest BCUT2D eigenvalue weighted by atomic mass is 16.6. The summed E-state index contributed by atoms with van der Waals surface area (Å²) in [6.45, 7) is 2.75. The Balaban J connectivity index is 1.05. The van der Waals surface area contributed by atoms with Gasteiger partial charge in [0.2, 0.25) is 0 Å². The molecule has 4 saturated carbocycles. The first-order valence-electron chi connectivity index (χ1n) is 9.73. The lowest BCUT2D eigenvalue weighted by atomic mass is 9.52. The summed E-state index contributed by atoms with van der Waals surface area (Å²) in [5.41, 5.74) is 0.731. The summed E-state index contributed by atoms with van der Waals surface area (Å²) in [5, 5.41) is 8.42. The van der Waals surface area contributed by atoms with Crippen LogP contribution in [-0.2, 0) is 23.7 Å². The van der Waals surface area contributed by atoms with E-state index in [4.69, 9.17) is 24.1 Å². The van der Waals surface area contributed by atoms with Gasteiger partial charge in [0.15, 0.2) is 0 Å². The van der Waals surface area contributed by atoms with E-state index in [1.807, 2.05) is 0 Å². The van der Waals surface area contributed by atoms with E-state index < -0.39 is 5.97 Å². The highest BCUT2D eigenvalue weighted by molar-refractivity contribution is 5.67. The number of carboxylic acid groups (broad SMARTS) is 1. The van der Waals surface area contributed by atoms with Gasteiger partial charge in [-0.25, -0.2) is 4.79 Å². The van der Waals surface area contributed by atoms with Gasteiger partial charge in [0.25, 0.3) is 0 Å². The third-order valence-corrected chi connectivity index (χ3v) is 7.05. The van der Waals surface area contributed by atoms with E-state index >= 15 is 0 Å². The van der Waals surface area contributed by atoms with Crippen molar-refractivity contribution in [1.29, 1.82) is 0 Å². The van der Waals surface area contributed by atoms with Crippen molar-refractivity contribution in [2.24, 2.45) is 23.2 Å². The van der Waals surface area contributed by atoms with Crippen molar-refractivity contribution >= 4 is 5.97 Å². The van der Waals surface area contributed by atoms with Gasteiger partial charge >= 0.3 is 5.97 Å². The van der Waals surface area contributed by atoms with Crippen molar-refractivity contribution in [1.82, 2.24) is 0 Å². The van der Waals surface area contributed by atoms with Crippen LogP contribution in [0.5, 0.6) is 0 Å². The Morgan fingerprint density at radius 3 is 2.28 bits per heavy atom. The number of fused-ring (bicyclic) bond motifs is 2. The fraction of sp³-hybridized carbons (Fsp3) is 0.947. The molecular formula is C19H30O6. The molecule has 4 rings (SSSR count). The van der Waals surface area contributed by atoms with E-state index in [-0.39, 0.29) is 12.2 Å². The Hall–Kier alpha value is -0.690. The maximum absolute atomic E-state index is 10.3. The summed E-state index contributed by atoms with van der Waals surface area (Å²) in [6, 6.07) is 0. The molecule has 1 N–H and O–H groups in total. The standard InChI is InChI=1S/C19H30O6/c20-17(21)13-24-4-3-22-1-2-23-5-6-25-19-11-15-7-14-8-16(12-19)18(19,9-14)10-15/h14-16H,1-13H2,(H,20,21). The Kier molecular flexibility index (Phi) is 5.06. The minimum absolute atomic E-state index is 0.189. The number of ether oxygens (including phenoxy) is 4. The van der Waals surface area contributed by atoms with E-state index in [0.29, 0.717) is 45.1 Å². The van der Waals surface area contributed by atoms with Crippen LogP contribution < -0.4 is 0 Å². The molecule has 6 nitrogen and oxygen atoms in total. The first kappa shape index (κ1) is 17.7. The molecule has 4 fully saturated rings. The molecule has 0 radical (unpaired) electrons. The first-order chi connectivity index (χ1) is 12.1. The van der Waals surface area contributed by atoms with Crippen LogP contribution in [0.25, 0.3) is 0 Å². The molecule has 0 aromatic rings. The van der Waals surface area contributed by atoms with Gasteiger partial charge in [0.1, 0.15) is 6.61 Å². The minimum Gasteiger partial charge on any atom is -0.480 e. The number of aliphatic carboxylic acids is 1. The second-order valence-corrected chi connectivity index (χ2v) is 8.39. The lowest BCUT2D eigenvalue weighted by Gasteiger charge is -2.58. The van der Waals surface area contributed by atoms with E-state index in [9.17, 15) is 4.79 Å². The minimum atomic E-state index is -0.959. The maximum Gasteiger partial charge on any atom is 0.329 e. The van der Waals surface area contributed by atoms with Crippen LogP contribution >= 0.6 is 0 Å². The highest BCUT2D eigenvalue weighted by Crippen LogP contribution is 2.78. The second kappa shape index (κ2) is 7.14. The van der Waals surface area contributed by atoms with Gasteiger partial charge in [0, 0.05) is 5.41 Å². The smallest absolute Gasteiger partial charge is 0.329 e. The number of rotatable bonds is 12. The van der Waals surface area contributed by atoms with Gasteiger partial charge in [-0.05, 0) is 56.3 Å². The van der Waals surface area contributed by atoms with Crippen LogP contribution in [0.1, 0.15) is 38.5 Å². The van der Waals surface area contributed by atoms with Crippen LogP contribution in [0.2, 0.25) is 0 Å². The average Bonchev–Trinajstić information content (AvgIpc) is 2.88. The molecule has 0 aliphatic heterocycles. The number of carbonyl (C=O) groups is 1. The molecule has 0 saturated heterocycles. The number of hydrogen-bond acceptors (Lipinski definition) is 5. The van der Waals surface area contributed by atoms with Crippen molar-refractivity contribution in [3.05, 3.63) is 0 Å². The molecule has 6 heteroatoms. The number of carboxylic acids is 1. The number of hydrogen-bond donors (Lipinski definition) is 1. The van der Waals surface area contributed by atoms with Crippen LogP contribution in [0.4, 0.5) is 0 Å². The summed E-state index contributed by atoms with van der Waals surface area (Å²) < 4.78 is 22.3. The predicted molar refractivity (Wildman–Crippen MR) is 89.4 cm³/mol. The molecule has 0 aromatic carbocycles. The highest BCUT2D eigenvalue weighted by Gasteiger charge is 2.75. The Morgan fingerprint density at radius 2 is 1.52 bits per heavy atom. The molecule has 5 atom stereocenters. The van der Waals surface area contributed by atoms with Gasteiger partial charge in [-0.3, -0.25) is 0 Å². The summed E-state index contributed by atoms with van der Waals surface area (Å²) in [7, 11) is 0. The molecule has 0 aromatic heterocycles. The molecule has 0 amide bonds. The largest absolute Gasteiger partial charge is 0.480 e. The topological polar surface area (TPSA) is 74.2 Å². The molecule has 25 heavy (non-hydrogen) atoms. The quantitative estimate of drug-likeness (QED) is 0.541. The third-order valence-electron chi connectivity index (χ3n) is 7.05. The van der Waals surface area contributed by atoms with Gasteiger partial charge in [-0.15, -0.1) is 0 Å². The van der Waals surface area contributed by atoms with Crippen LogP contribution in [0, 0.1) is 23.2 Å². The van der Waals surface area contributed by atoms with Crippen LogP contribution in [0.15, 0.2) is 0 Å². The van der Waals surface area contributed by atoms with Crippen molar-refractivity contribution in [2.75, 3.05) is 46.2 Å². The molecule has 3 bridgehead atoms. The monoisotopic (exact) mass is 354 g/mol. The summed E-state index contributed by atoms with van der Waals surface area (Å²) in [6.07, 6.45) is 8.34. The second-order valence-electron chi connectivity index (χ2n) is 8.39. The Labute approximate surface area is 149 Å². The van der Waals surface area contributed by atoms with Crippen molar-refractivity contribution in [3.8, 4) is 0 Å². The van der Waals surface area contributed by atoms with Crippen LogP contribution in [0.3, 0.4) is 0 Å². The van der Waals surface area contributed by atoms with Gasteiger partial charge < -0.3 is 24.1 Å². The van der Waals surface area contributed by atoms with Crippen LogP contribution in [-0.4, -0.2) is 62.9 Å². The Morgan fingerprint density at radius 1 is 0.840 bits per heavy atom. The van der Waals surface area contributed by atoms with Crippen molar-refractivity contribution < 1.29 is 28.8 Å². The lowest BCUT2D eigenvalue weighted by molar-refractivity contribution is -0.217. The zero-order chi connectivity index (χ0) is 17.3. The average molecular weight is 354 g/mol. The molecular weight excluding hydrogens is 324 g/mol.